The van der Waals surface area contributed by atoms with Crippen molar-refractivity contribution in [1.29, 1.82) is 0 Å². The van der Waals surface area contributed by atoms with Crippen LogP contribution >= 0.6 is 11.3 Å². The minimum Gasteiger partial charge on any atom is -0.380 e. The van der Waals surface area contributed by atoms with E-state index in [0.29, 0.717) is 19.1 Å². The smallest absolute Gasteiger partial charge is 0.188 e. The molecule has 0 saturated heterocycles. The van der Waals surface area contributed by atoms with Crippen LogP contribution in [-0.4, -0.2) is 32.3 Å². The third kappa shape index (κ3) is 5.72. The van der Waals surface area contributed by atoms with Gasteiger partial charge < -0.3 is 15.8 Å². The first-order valence-electron chi connectivity index (χ1n) is 5.47. The SMILES string of the molecule is CCOCCN=C(N)NCCc1cccs1. The maximum atomic E-state index is 5.68. The topological polar surface area (TPSA) is 59.6 Å². The Balaban J connectivity index is 2.07. The number of nitrogens with two attached hydrogens (primary N) is 1. The Morgan fingerprint density at radius 3 is 3.19 bits per heavy atom. The third-order valence-electron chi connectivity index (χ3n) is 1.98. The first kappa shape index (κ1) is 13.0. The van der Waals surface area contributed by atoms with Crippen LogP contribution in [0.15, 0.2) is 22.5 Å². The molecule has 0 radical (unpaired) electrons. The molecule has 4 nitrogen and oxygen atoms in total. The highest BCUT2D eigenvalue weighted by molar-refractivity contribution is 7.09. The van der Waals surface area contributed by atoms with E-state index in [1.165, 1.54) is 4.88 Å². The number of hydrogen-bond donors (Lipinski definition) is 2. The maximum absolute atomic E-state index is 5.68. The van der Waals surface area contributed by atoms with Crippen LogP contribution in [0.25, 0.3) is 0 Å². The summed E-state index contributed by atoms with van der Waals surface area (Å²) in [6.07, 6.45) is 0.985. The summed E-state index contributed by atoms with van der Waals surface area (Å²) < 4.78 is 5.16. The van der Waals surface area contributed by atoms with E-state index in [0.717, 1.165) is 19.6 Å². The molecule has 0 aliphatic rings. The molecule has 0 bridgehead atoms. The first-order valence-corrected chi connectivity index (χ1v) is 6.34. The number of aliphatic imine (C=N–C) groups is 1. The second-order valence-corrected chi connectivity index (χ2v) is 4.25. The summed E-state index contributed by atoms with van der Waals surface area (Å²) in [5, 5.41) is 5.15. The molecular weight excluding hydrogens is 222 g/mol. The molecule has 3 N–H and O–H groups in total. The van der Waals surface area contributed by atoms with Crippen molar-refractivity contribution in [3.63, 3.8) is 0 Å². The van der Waals surface area contributed by atoms with Gasteiger partial charge in [-0.15, -0.1) is 11.3 Å². The minimum atomic E-state index is 0.497. The van der Waals surface area contributed by atoms with Crippen molar-refractivity contribution in [2.45, 2.75) is 13.3 Å². The van der Waals surface area contributed by atoms with Crippen molar-refractivity contribution in [2.24, 2.45) is 10.7 Å². The van der Waals surface area contributed by atoms with Crippen molar-refractivity contribution in [3.8, 4) is 0 Å². The van der Waals surface area contributed by atoms with E-state index >= 15 is 0 Å². The molecule has 0 saturated carbocycles. The highest BCUT2D eigenvalue weighted by atomic mass is 32.1. The molecule has 0 amide bonds. The lowest BCUT2D eigenvalue weighted by molar-refractivity contribution is 0.155. The lowest BCUT2D eigenvalue weighted by atomic mass is 10.3. The van der Waals surface area contributed by atoms with E-state index < -0.39 is 0 Å². The molecule has 1 aromatic rings. The average Bonchev–Trinajstić information content (AvgIpc) is 2.77. The molecule has 1 heterocycles. The summed E-state index contributed by atoms with van der Waals surface area (Å²) >= 11 is 1.76. The predicted molar refractivity (Wildman–Crippen MR) is 69.0 cm³/mol. The largest absolute Gasteiger partial charge is 0.380 e. The number of nitrogens with one attached hydrogen (secondary N) is 1. The molecule has 90 valence electrons. The highest BCUT2D eigenvalue weighted by Crippen LogP contribution is 2.07. The van der Waals surface area contributed by atoms with Gasteiger partial charge in [-0.3, -0.25) is 4.99 Å². The van der Waals surface area contributed by atoms with Crippen molar-refractivity contribution >= 4 is 17.3 Å². The van der Waals surface area contributed by atoms with Gasteiger partial charge in [0.05, 0.1) is 13.2 Å². The second-order valence-electron chi connectivity index (χ2n) is 3.22. The fourth-order valence-corrected chi connectivity index (χ4v) is 1.91. The van der Waals surface area contributed by atoms with Gasteiger partial charge in [0.1, 0.15) is 0 Å². The molecule has 0 unspecified atom stereocenters. The molecule has 1 rings (SSSR count). The van der Waals surface area contributed by atoms with Gasteiger partial charge in [0, 0.05) is 18.0 Å². The zero-order valence-electron chi connectivity index (χ0n) is 9.61. The number of guanidine groups is 1. The molecule has 5 heteroatoms. The molecule has 0 aliphatic carbocycles. The second kappa shape index (κ2) is 8.13. The van der Waals surface area contributed by atoms with Gasteiger partial charge in [0.15, 0.2) is 5.96 Å². The number of rotatable bonds is 7. The van der Waals surface area contributed by atoms with Gasteiger partial charge in [0.25, 0.3) is 0 Å². The van der Waals surface area contributed by atoms with Crippen LogP contribution in [0.1, 0.15) is 11.8 Å². The molecule has 16 heavy (non-hydrogen) atoms. The highest BCUT2D eigenvalue weighted by Gasteiger charge is 1.94. The van der Waals surface area contributed by atoms with E-state index in [4.69, 9.17) is 10.5 Å². The third-order valence-corrected chi connectivity index (χ3v) is 2.92. The molecule has 0 atom stereocenters. The Morgan fingerprint density at radius 2 is 2.50 bits per heavy atom. The van der Waals surface area contributed by atoms with Gasteiger partial charge in [-0.05, 0) is 24.8 Å². The zero-order chi connectivity index (χ0) is 11.6. The Bertz CT molecular complexity index is 298. The summed E-state index contributed by atoms with van der Waals surface area (Å²) in [7, 11) is 0. The number of ether oxygens (including phenoxy) is 1. The van der Waals surface area contributed by atoms with E-state index in [1.807, 2.05) is 6.92 Å². The standard InChI is InChI=1S/C11H19N3OS/c1-2-15-8-7-14-11(12)13-6-5-10-4-3-9-16-10/h3-4,9H,2,5-8H2,1H3,(H3,12,13,14). The Labute approximate surface area is 101 Å². The van der Waals surface area contributed by atoms with Crippen LogP contribution < -0.4 is 11.1 Å². The Hall–Kier alpha value is -1.07. The molecular formula is C11H19N3OS. The van der Waals surface area contributed by atoms with Crippen LogP contribution in [0.3, 0.4) is 0 Å². The Morgan fingerprint density at radius 1 is 1.62 bits per heavy atom. The normalized spacial score (nSPS) is 11.7. The fourth-order valence-electron chi connectivity index (χ4n) is 1.20. The fraction of sp³-hybridized carbons (Fsp3) is 0.545. The summed E-state index contributed by atoms with van der Waals surface area (Å²) in [6.45, 7) is 4.76. The summed E-state index contributed by atoms with van der Waals surface area (Å²) in [5.41, 5.74) is 5.68. The maximum Gasteiger partial charge on any atom is 0.188 e. The lowest BCUT2D eigenvalue weighted by Gasteiger charge is -2.04. The van der Waals surface area contributed by atoms with Crippen molar-refractivity contribution in [2.75, 3.05) is 26.3 Å². The molecule has 0 fully saturated rings. The Kier molecular flexibility index (Phi) is 6.60. The van der Waals surface area contributed by atoms with Crippen LogP contribution in [0, 0.1) is 0 Å². The number of nitrogens with zero attached hydrogens (tertiary/aromatic N) is 1. The monoisotopic (exact) mass is 241 g/mol. The molecule has 1 aromatic heterocycles. The van der Waals surface area contributed by atoms with Gasteiger partial charge >= 0.3 is 0 Å². The van der Waals surface area contributed by atoms with Crippen LogP contribution in [0.4, 0.5) is 0 Å². The van der Waals surface area contributed by atoms with Crippen LogP contribution in [-0.2, 0) is 11.2 Å². The quantitative estimate of drug-likeness (QED) is 0.429. The minimum absolute atomic E-state index is 0.497. The molecule has 0 aliphatic heterocycles. The number of hydrogen-bond acceptors (Lipinski definition) is 3. The van der Waals surface area contributed by atoms with Crippen molar-refractivity contribution < 1.29 is 4.74 Å². The van der Waals surface area contributed by atoms with Gasteiger partial charge in [0.2, 0.25) is 0 Å². The van der Waals surface area contributed by atoms with E-state index in [2.05, 4.69) is 27.8 Å². The summed E-state index contributed by atoms with van der Waals surface area (Å²) in [4.78, 5) is 5.50. The first-order chi connectivity index (χ1) is 7.83. The van der Waals surface area contributed by atoms with Crippen LogP contribution in [0.2, 0.25) is 0 Å². The van der Waals surface area contributed by atoms with Gasteiger partial charge in [-0.25, -0.2) is 0 Å². The predicted octanol–water partition coefficient (Wildman–Crippen LogP) is 1.23. The molecule has 0 aromatic carbocycles. The van der Waals surface area contributed by atoms with Crippen molar-refractivity contribution in [3.05, 3.63) is 22.4 Å². The summed E-state index contributed by atoms with van der Waals surface area (Å²) in [5.74, 6) is 0.497. The summed E-state index contributed by atoms with van der Waals surface area (Å²) in [6, 6.07) is 4.17. The van der Waals surface area contributed by atoms with E-state index in [9.17, 15) is 0 Å². The van der Waals surface area contributed by atoms with Crippen LogP contribution in [0.5, 0.6) is 0 Å². The van der Waals surface area contributed by atoms with Gasteiger partial charge in [-0.1, -0.05) is 6.07 Å². The average molecular weight is 241 g/mol. The van der Waals surface area contributed by atoms with E-state index in [-0.39, 0.29) is 0 Å². The lowest BCUT2D eigenvalue weighted by Crippen LogP contribution is -2.33. The van der Waals surface area contributed by atoms with E-state index in [1.54, 1.807) is 11.3 Å². The number of thiophene rings is 1. The molecule has 0 spiro atoms. The zero-order valence-corrected chi connectivity index (χ0v) is 10.4. The van der Waals surface area contributed by atoms with Crippen molar-refractivity contribution in [1.82, 2.24) is 5.32 Å². The van der Waals surface area contributed by atoms with Gasteiger partial charge in [-0.2, -0.15) is 0 Å².